The van der Waals surface area contributed by atoms with Crippen LogP contribution < -0.4 is 15.4 Å². The fraction of sp³-hybridized carbons (Fsp3) is 0.727. The summed E-state index contributed by atoms with van der Waals surface area (Å²) in [7, 11) is -4.17. The smallest absolute Gasteiger partial charge is 0.407 e. The Morgan fingerprint density at radius 1 is 1.04 bits per heavy atom. The van der Waals surface area contributed by atoms with Gasteiger partial charge < -0.3 is 20.5 Å². The Morgan fingerprint density at radius 2 is 1.71 bits per heavy atom. The van der Waals surface area contributed by atoms with E-state index in [-0.39, 0.29) is 43.2 Å². The predicted octanol–water partition coefficient (Wildman–Crippen LogP) is 3.71. The molecule has 0 spiro atoms. The maximum absolute atomic E-state index is 13.5. The summed E-state index contributed by atoms with van der Waals surface area (Å²) >= 11 is 0. The summed E-state index contributed by atoms with van der Waals surface area (Å²) in [5, 5.41) is 17.3. The molecule has 0 aromatic heterocycles. The van der Waals surface area contributed by atoms with Crippen LogP contribution in [0.4, 0.5) is 4.79 Å². The highest BCUT2D eigenvalue weighted by Gasteiger charge is 2.40. The Labute approximate surface area is 269 Å². The zero-order valence-corrected chi connectivity index (χ0v) is 28.4. The molecule has 0 heterocycles. The second-order valence-electron chi connectivity index (χ2n) is 13.7. The Hall–Kier alpha value is -2.54. The Morgan fingerprint density at radius 3 is 2.29 bits per heavy atom. The fourth-order valence-corrected chi connectivity index (χ4v) is 7.29. The van der Waals surface area contributed by atoms with Crippen molar-refractivity contribution >= 4 is 28.0 Å². The lowest BCUT2D eigenvalue weighted by Gasteiger charge is -2.38. The second kappa shape index (κ2) is 16.9. The SMILES string of the molecule is CC(=O)C(C)(C)NS(=O)(=O)N(CCC(C)C)CC(O)C(Cc1ccccc1)NC(=O)C1CCC1NC(=O)OCC1CCCCC1. The van der Waals surface area contributed by atoms with Gasteiger partial charge in [-0.2, -0.15) is 17.4 Å². The van der Waals surface area contributed by atoms with Gasteiger partial charge in [0, 0.05) is 19.1 Å². The molecule has 0 aliphatic heterocycles. The molecule has 0 radical (unpaired) electrons. The van der Waals surface area contributed by atoms with E-state index in [9.17, 15) is 27.9 Å². The largest absolute Gasteiger partial charge is 0.449 e. The maximum Gasteiger partial charge on any atom is 0.407 e. The Kier molecular flexibility index (Phi) is 13.8. The topological polar surface area (TPSA) is 154 Å². The third-order valence-corrected chi connectivity index (χ3v) is 10.9. The molecule has 3 rings (SSSR count). The van der Waals surface area contributed by atoms with E-state index in [0.717, 1.165) is 35.6 Å². The first-order valence-electron chi connectivity index (χ1n) is 16.4. The zero-order valence-electron chi connectivity index (χ0n) is 27.6. The van der Waals surface area contributed by atoms with E-state index in [1.807, 2.05) is 44.2 Å². The van der Waals surface area contributed by atoms with Crippen LogP contribution in [-0.4, -0.2) is 79.0 Å². The van der Waals surface area contributed by atoms with Gasteiger partial charge in [0.15, 0.2) is 0 Å². The number of nitrogens with one attached hydrogen (secondary N) is 3. The average molecular weight is 651 g/mol. The highest BCUT2D eigenvalue weighted by molar-refractivity contribution is 7.87. The van der Waals surface area contributed by atoms with Gasteiger partial charge in [0.1, 0.15) is 5.78 Å². The monoisotopic (exact) mass is 650 g/mol. The number of alkyl carbamates (subject to hydrolysis) is 1. The number of hydrogen-bond acceptors (Lipinski definition) is 7. The lowest BCUT2D eigenvalue weighted by Crippen LogP contribution is -2.59. The van der Waals surface area contributed by atoms with Gasteiger partial charge >= 0.3 is 6.09 Å². The minimum absolute atomic E-state index is 0.127. The summed E-state index contributed by atoms with van der Waals surface area (Å²) < 4.78 is 36.1. The first kappa shape index (κ1) is 36.9. The molecule has 254 valence electrons. The van der Waals surface area contributed by atoms with Crippen LogP contribution in [0.2, 0.25) is 0 Å². The number of rotatable bonds is 17. The van der Waals surface area contributed by atoms with Gasteiger partial charge in [-0.05, 0) is 76.7 Å². The molecule has 45 heavy (non-hydrogen) atoms. The summed E-state index contributed by atoms with van der Waals surface area (Å²) in [6.07, 6.45) is 5.91. The summed E-state index contributed by atoms with van der Waals surface area (Å²) in [5.74, 6) is -0.565. The number of carbonyl (C=O) groups is 3. The Bertz CT molecular complexity index is 1220. The number of hydrogen-bond donors (Lipinski definition) is 4. The van der Waals surface area contributed by atoms with E-state index < -0.39 is 39.9 Å². The quantitative estimate of drug-likeness (QED) is 0.200. The molecule has 11 nitrogen and oxygen atoms in total. The highest BCUT2D eigenvalue weighted by Crippen LogP contribution is 2.29. The minimum atomic E-state index is -4.17. The van der Waals surface area contributed by atoms with Crippen LogP contribution in [-0.2, 0) is 31.0 Å². The highest BCUT2D eigenvalue weighted by atomic mass is 32.2. The second-order valence-corrected chi connectivity index (χ2v) is 15.4. The molecular weight excluding hydrogens is 596 g/mol. The van der Waals surface area contributed by atoms with Crippen molar-refractivity contribution in [3.63, 3.8) is 0 Å². The molecule has 0 saturated heterocycles. The van der Waals surface area contributed by atoms with Gasteiger partial charge in [-0.1, -0.05) is 63.4 Å². The minimum Gasteiger partial charge on any atom is -0.449 e. The predicted molar refractivity (Wildman–Crippen MR) is 173 cm³/mol. The van der Waals surface area contributed by atoms with Crippen molar-refractivity contribution in [3.05, 3.63) is 35.9 Å². The molecule has 2 aliphatic carbocycles. The van der Waals surface area contributed by atoms with Crippen LogP contribution in [0.1, 0.15) is 91.5 Å². The third-order valence-electron chi connectivity index (χ3n) is 9.13. The number of amides is 2. The van der Waals surface area contributed by atoms with Crippen molar-refractivity contribution in [2.45, 2.75) is 116 Å². The standard InChI is InChI=1S/C33H54N4O7S/c1-23(2)18-19-37(45(42,43)36-33(4,5)24(3)38)21-30(39)29(20-25-12-8-6-9-13-25)34-31(40)27-16-17-28(27)35-32(41)44-22-26-14-10-7-11-15-26/h6,8-9,12-13,23,26-30,36,39H,7,10-11,14-22H2,1-5H3,(H,34,40)(H,35,41). The lowest BCUT2D eigenvalue weighted by atomic mass is 9.78. The summed E-state index contributed by atoms with van der Waals surface area (Å²) in [6.45, 7) is 8.49. The van der Waals surface area contributed by atoms with Gasteiger partial charge in [-0.15, -0.1) is 0 Å². The molecule has 4 atom stereocenters. The summed E-state index contributed by atoms with van der Waals surface area (Å²) in [6, 6.07) is 8.17. The van der Waals surface area contributed by atoms with E-state index in [1.165, 1.54) is 27.2 Å². The van der Waals surface area contributed by atoms with Crippen LogP contribution in [0.3, 0.4) is 0 Å². The van der Waals surface area contributed by atoms with Crippen LogP contribution in [0.5, 0.6) is 0 Å². The number of aliphatic hydroxyl groups excluding tert-OH is 1. The lowest BCUT2D eigenvalue weighted by molar-refractivity contribution is -0.130. The number of ether oxygens (including phenoxy) is 1. The van der Waals surface area contributed by atoms with Gasteiger partial charge in [0.05, 0.1) is 30.2 Å². The van der Waals surface area contributed by atoms with E-state index in [2.05, 4.69) is 15.4 Å². The molecule has 2 aliphatic rings. The zero-order chi connectivity index (χ0) is 33.2. The normalized spacial score (nSPS) is 20.7. The molecule has 1 aromatic carbocycles. The third kappa shape index (κ3) is 11.6. The number of Topliss-reactive ketones (excluding diaryl/α,β-unsaturated/α-hetero) is 1. The molecule has 4 unspecified atom stereocenters. The van der Waals surface area contributed by atoms with Crippen LogP contribution in [0, 0.1) is 17.8 Å². The van der Waals surface area contributed by atoms with Crippen LogP contribution in [0.25, 0.3) is 0 Å². The molecule has 4 N–H and O–H groups in total. The van der Waals surface area contributed by atoms with Gasteiger partial charge in [-0.25, -0.2) is 4.79 Å². The van der Waals surface area contributed by atoms with E-state index in [1.54, 1.807) is 0 Å². The van der Waals surface area contributed by atoms with Gasteiger partial charge in [0.2, 0.25) is 5.91 Å². The summed E-state index contributed by atoms with van der Waals surface area (Å²) in [4.78, 5) is 38.1. The molecule has 12 heteroatoms. The van der Waals surface area contributed by atoms with Crippen molar-refractivity contribution in [3.8, 4) is 0 Å². The first-order chi connectivity index (χ1) is 21.2. The summed E-state index contributed by atoms with van der Waals surface area (Å²) in [5.41, 5.74) is -0.467. The molecule has 2 saturated carbocycles. The number of nitrogens with zero attached hydrogens (tertiary/aromatic N) is 1. The van der Waals surface area contributed by atoms with Crippen molar-refractivity contribution in [2.24, 2.45) is 17.8 Å². The molecule has 0 bridgehead atoms. The van der Waals surface area contributed by atoms with Gasteiger partial charge in [0.25, 0.3) is 10.2 Å². The number of benzene rings is 1. The molecular formula is C33H54N4O7S. The number of aliphatic hydroxyl groups is 1. The van der Waals surface area contributed by atoms with E-state index in [4.69, 9.17) is 4.74 Å². The fourth-order valence-electron chi connectivity index (χ4n) is 5.67. The number of ketones is 1. The molecule has 2 fully saturated rings. The Balaban J connectivity index is 1.70. The van der Waals surface area contributed by atoms with E-state index >= 15 is 0 Å². The maximum atomic E-state index is 13.5. The van der Waals surface area contributed by atoms with E-state index in [0.29, 0.717) is 31.8 Å². The van der Waals surface area contributed by atoms with Crippen molar-refractivity contribution in [1.82, 2.24) is 19.7 Å². The van der Waals surface area contributed by atoms with Crippen molar-refractivity contribution < 1.29 is 32.6 Å². The van der Waals surface area contributed by atoms with Crippen LogP contribution in [0.15, 0.2) is 30.3 Å². The van der Waals surface area contributed by atoms with Crippen molar-refractivity contribution in [1.29, 1.82) is 0 Å². The van der Waals surface area contributed by atoms with Crippen molar-refractivity contribution in [2.75, 3.05) is 19.7 Å². The number of carbonyl (C=O) groups excluding carboxylic acids is 3. The molecule has 2 amide bonds. The van der Waals surface area contributed by atoms with Gasteiger partial charge in [-0.3, -0.25) is 9.59 Å². The average Bonchev–Trinajstić information content (AvgIpc) is 2.96. The first-order valence-corrected chi connectivity index (χ1v) is 17.9. The van der Waals surface area contributed by atoms with Crippen LogP contribution >= 0.6 is 0 Å². The molecule has 1 aromatic rings.